The van der Waals surface area contributed by atoms with Crippen molar-refractivity contribution in [1.82, 2.24) is 10.2 Å². The van der Waals surface area contributed by atoms with Gasteiger partial charge in [-0.3, -0.25) is 4.79 Å². The van der Waals surface area contributed by atoms with Crippen LogP contribution in [0.25, 0.3) is 0 Å². The van der Waals surface area contributed by atoms with Crippen molar-refractivity contribution in [3.63, 3.8) is 0 Å². The number of ether oxygens (including phenoxy) is 2. The lowest BCUT2D eigenvalue weighted by atomic mass is 10.2. The van der Waals surface area contributed by atoms with Crippen LogP contribution >= 0.6 is 23.1 Å². The highest BCUT2D eigenvalue weighted by atomic mass is 32.2. The summed E-state index contributed by atoms with van der Waals surface area (Å²) in [5, 5.41) is 15.0. The van der Waals surface area contributed by atoms with Gasteiger partial charge in [0.15, 0.2) is 15.8 Å². The van der Waals surface area contributed by atoms with Crippen LogP contribution in [0.5, 0.6) is 11.5 Å². The molecule has 0 saturated carbocycles. The van der Waals surface area contributed by atoms with Crippen molar-refractivity contribution >= 4 is 45.5 Å². The Labute approximate surface area is 164 Å². The highest BCUT2D eigenvalue weighted by Crippen LogP contribution is 2.34. The van der Waals surface area contributed by atoms with E-state index in [2.05, 4.69) is 20.8 Å². The Balaban J connectivity index is 1.30. The van der Waals surface area contributed by atoms with Gasteiger partial charge >= 0.3 is 0 Å². The van der Waals surface area contributed by atoms with E-state index in [0.29, 0.717) is 22.3 Å². The van der Waals surface area contributed by atoms with Crippen LogP contribution in [0.3, 0.4) is 0 Å². The number of hydrogen-bond donors (Lipinski definition) is 2. The molecule has 9 heteroatoms. The summed E-state index contributed by atoms with van der Waals surface area (Å²) in [6, 6.07) is 13.3. The number of benzene rings is 2. The maximum Gasteiger partial charge on any atom is 0.234 e. The van der Waals surface area contributed by atoms with Crippen molar-refractivity contribution in [2.45, 2.75) is 11.3 Å². The fourth-order valence-corrected chi connectivity index (χ4v) is 4.01. The highest BCUT2D eigenvalue weighted by Gasteiger charge is 2.15. The van der Waals surface area contributed by atoms with Crippen LogP contribution < -0.4 is 20.1 Å². The van der Waals surface area contributed by atoms with Gasteiger partial charge in [0.25, 0.3) is 0 Å². The van der Waals surface area contributed by atoms with Gasteiger partial charge in [-0.2, -0.15) is 0 Å². The Morgan fingerprint density at radius 2 is 2.04 bits per heavy atom. The third-order valence-electron chi connectivity index (χ3n) is 3.78. The van der Waals surface area contributed by atoms with E-state index in [9.17, 15) is 4.79 Å². The lowest BCUT2D eigenvalue weighted by Crippen LogP contribution is -2.13. The summed E-state index contributed by atoms with van der Waals surface area (Å²) in [7, 11) is 0. The Morgan fingerprint density at radius 1 is 1.19 bits per heavy atom. The number of amides is 1. The molecule has 138 valence electrons. The van der Waals surface area contributed by atoms with Crippen LogP contribution in [0.15, 0.2) is 46.8 Å². The number of anilines is 3. The quantitative estimate of drug-likeness (QED) is 0.604. The molecule has 1 aromatic heterocycles. The molecule has 0 bridgehead atoms. The second kappa shape index (κ2) is 7.85. The zero-order chi connectivity index (χ0) is 18.6. The second-order valence-corrected chi connectivity index (χ2v) is 7.92. The zero-order valence-corrected chi connectivity index (χ0v) is 16.0. The fraction of sp³-hybridized carbons (Fsp3) is 0.167. The Hall–Kier alpha value is -2.78. The maximum absolute atomic E-state index is 12.2. The van der Waals surface area contributed by atoms with Gasteiger partial charge in [0, 0.05) is 17.4 Å². The topological polar surface area (TPSA) is 85.4 Å². The Bertz CT molecular complexity index is 977. The third-order valence-corrected chi connectivity index (χ3v) is 5.75. The molecule has 7 nitrogen and oxygen atoms in total. The van der Waals surface area contributed by atoms with Crippen LogP contribution in [-0.2, 0) is 4.79 Å². The molecule has 27 heavy (non-hydrogen) atoms. The lowest BCUT2D eigenvalue weighted by molar-refractivity contribution is -0.113. The molecule has 1 aliphatic heterocycles. The average molecular weight is 400 g/mol. The normalized spacial score (nSPS) is 12.0. The van der Waals surface area contributed by atoms with E-state index >= 15 is 0 Å². The molecule has 2 aromatic carbocycles. The Morgan fingerprint density at radius 3 is 2.93 bits per heavy atom. The lowest BCUT2D eigenvalue weighted by Gasteiger charge is -2.05. The number of carbonyl (C=O) groups is 1. The number of thioether (sulfide) groups is 1. The molecule has 0 unspecified atom stereocenters. The first-order valence-corrected chi connectivity index (χ1v) is 9.96. The van der Waals surface area contributed by atoms with Gasteiger partial charge in [-0.05, 0) is 30.7 Å². The number of rotatable bonds is 6. The summed E-state index contributed by atoms with van der Waals surface area (Å²) in [5.74, 6) is 1.44. The minimum atomic E-state index is -0.123. The van der Waals surface area contributed by atoms with Crippen molar-refractivity contribution in [3.05, 3.63) is 48.0 Å². The van der Waals surface area contributed by atoms with Crippen molar-refractivity contribution < 1.29 is 14.3 Å². The number of carbonyl (C=O) groups excluding carboxylic acids is 1. The monoisotopic (exact) mass is 400 g/mol. The molecule has 0 saturated heterocycles. The van der Waals surface area contributed by atoms with Crippen LogP contribution in [0, 0.1) is 6.92 Å². The van der Waals surface area contributed by atoms with Gasteiger partial charge in [0.2, 0.25) is 17.8 Å². The number of aromatic nitrogens is 2. The number of fused-ring (bicyclic) bond motifs is 1. The first-order valence-electron chi connectivity index (χ1n) is 8.16. The van der Waals surface area contributed by atoms with Crippen molar-refractivity contribution in [1.29, 1.82) is 0 Å². The molecule has 0 atom stereocenters. The highest BCUT2D eigenvalue weighted by molar-refractivity contribution is 8.01. The minimum absolute atomic E-state index is 0.123. The van der Waals surface area contributed by atoms with E-state index in [0.717, 1.165) is 15.6 Å². The van der Waals surface area contributed by atoms with Crippen LogP contribution in [-0.4, -0.2) is 28.7 Å². The third kappa shape index (κ3) is 4.32. The predicted octanol–water partition coefficient (Wildman–Crippen LogP) is 4.05. The molecule has 0 aliphatic carbocycles. The first kappa shape index (κ1) is 17.6. The smallest absolute Gasteiger partial charge is 0.234 e. The van der Waals surface area contributed by atoms with Gasteiger partial charge < -0.3 is 20.1 Å². The molecule has 2 heterocycles. The minimum Gasteiger partial charge on any atom is -0.454 e. The first-order chi connectivity index (χ1) is 13.2. The van der Waals surface area contributed by atoms with Gasteiger partial charge in [-0.25, -0.2) is 0 Å². The van der Waals surface area contributed by atoms with E-state index < -0.39 is 0 Å². The molecule has 3 aromatic rings. The van der Waals surface area contributed by atoms with E-state index in [-0.39, 0.29) is 18.5 Å². The summed E-state index contributed by atoms with van der Waals surface area (Å²) < 4.78 is 11.3. The van der Waals surface area contributed by atoms with Crippen LogP contribution in [0.1, 0.15) is 5.56 Å². The van der Waals surface area contributed by atoms with E-state index in [4.69, 9.17) is 9.47 Å². The van der Waals surface area contributed by atoms with Gasteiger partial charge in [-0.1, -0.05) is 41.3 Å². The SMILES string of the molecule is Cc1ccccc1Nc1nnc(SCC(=O)Nc2ccc3c(c2)OCO3)s1. The molecule has 4 rings (SSSR count). The van der Waals surface area contributed by atoms with Crippen LogP contribution in [0.4, 0.5) is 16.5 Å². The molecule has 1 amide bonds. The number of para-hydroxylation sites is 1. The van der Waals surface area contributed by atoms with Gasteiger partial charge in [0.1, 0.15) is 0 Å². The summed E-state index contributed by atoms with van der Waals surface area (Å²) in [6.07, 6.45) is 0. The summed E-state index contributed by atoms with van der Waals surface area (Å²) >= 11 is 2.76. The molecule has 1 aliphatic rings. The second-order valence-electron chi connectivity index (χ2n) is 5.72. The van der Waals surface area contributed by atoms with E-state index in [1.165, 1.54) is 23.1 Å². The van der Waals surface area contributed by atoms with Crippen molar-refractivity contribution in [3.8, 4) is 11.5 Å². The predicted molar refractivity (Wildman–Crippen MR) is 106 cm³/mol. The molecule has 0 radical (unpaired) electrons. The van der Waals surface area contributed by atoms with Gasteiger partial charge in [0.05, 0.1) is 5.75 Å². The molecule has 0 spiro atoms. The molecular formula is C18H16N4O3S2. The van der Waals surface area contributed by atoms with Crippen LogP contribution in [0.2, 0.25) is 0 Å². The summed E-state index contributed by atoms with van der Waals surface area (Å²) in [6.45, 7) is 2.23. The molecule has 0 fully saturated rings. The summed E-state index contributed by atoms with van der Waals surface area (Å²) in [5.41, 5.74) is 2.79. The molecule has 2 N–H and O–H groups in total. The van der Waals surface area contributed by atoms with Gasteiger partial charge in [-0.15, -0.1) is 10.2 Å². The Kier molecular flexibility index (Phi) is 5.12. The largest absolute Gasteiger partial charge is 0.454 e. The average Bonchev–Trinajstić information content (AvgIpc) is 3.31. The fourth-order valence-electron chi connectivity index (χ4n) is 2.45. The van der Waals surface area contributed by atoms with Crippen molar-refractivity contribution in [2.75, 3.05) is 23.2 Å². The number of hydrogen-bond acceptors (Lipinski definition) is 8. The number of aryl methyl sites for hydroxylation is 1. The van der Waals surface area contributed by atoms with Crippen molar-refractivity contribution in [2.24, 2.45) is 0 Å². The molecular weight excluding hydrogens is 384 g/mol. The zero-order valence-electron chi connectivity index (χ0n) is 14.4. The van der Waals surface area contributed by atoms with E-state index in [1.54, 1.807) is 18.2 Å². The maximum atomic E-state index is 12.2. The number of nitrogens with zero attached hydrogens (tertiary/aromatic N) is 2. The standard InChI is InChI=1S/C18H16N4O3S2/c1-11-4-2-3-5-13(11)20-17-21-22-18(27-17)26-9-16(23)19-12-6-7-14-15(8-12)25-10-24-14/h2-8H,9-10H2,1H3,(H,19,23)(H,20,21). The number of nitrogens with one attached hydrogen (secondary N) is 2. The summed E-state index contributed by atoms with van der Waals surface area (Å²) in [4.78, 5) is 12.2. The van der Waals surface area contributed by atoms with E-state index in [1.807, 2.05) is 31.2 Å².